The molecule has 0 saturated heterocycles. The number of aryl methyl sites for hydroxylation is 1. The van der Waals surface area contributed by atoms with E-state index in [1.165, 1.54) is 23.1 Å². The van der Waals surface area contributed by atoms with E-state index in [1.807, 2.05) is 18.5 Å². The number of hydrogen-bond donors (Lipinski definition) is 2. The number of rotatable bonds is 6. The molecular formula is C17H21N5O2S2. The number of amides is 2. The number of primary amides is 1. The quantitative estimate of drug-likeness (QED) is 0.736. The summed E-state index contributed by atoms with van der Waals surface area (Å²) in [7, 11) is 1.94. The van der Waals surface area contributed by atoms with Gasteiger partial charge in [-0.15, -0.1) is 21.5 Å². The first kappa shape index (κ1) is 17.5. The smallest absolute Gasteiger partial charge is 0.251 e. The number of nitrogens with two attached hydrogens (primary N) is 1. The maximum absolute atomic E-state index is 12.6. The van der Waals surface area contributed by atoms with Gasteiger partial charge in [0.25, 0.3) is 5.91 Å². The van der Waals surface area contributed by atoms with Crippen LogP contribution in [0, 0.1) is 0 Å². The summed E-state index contributed by atoms with van der Waals surface area (Å²) < 4.78 is 1.97. The molecule has 2 amide bonds. The maximum Gasteiger partial charge on any atom is 0.251 e. The monoisotopic (exact) mass is 391 g/mol. The first-order chi connectivity index (χ1) is 12.5. The van der Waals surface area contributed by atoms with Crippen molar-refractivity contribution in [2.24, 2.45) is 12.8 Å². The number of hydrogen-bond acceptors (Lipinski definition) is 6. The highest BCUT2D eigenvalue weighted by Crippen LogP contribution is 2.41. The second kappa shape index (κ2) is 6.70. The van der Waals surface area contributed by atoms with Crippen LogP contribution in [0.4, 0.5) is 5.00 Å². The van der Waals surface area contributed by atoms with Crippen LogP contribution in [-0.2, 0) is 24.7 Å². The van der Waals surface area contributed by atoms with Gasteiger partial charge in [0.15, 0.2) is 5.16 Å². The van der Waals surface area contributed by atoms with Gasteiger partial charge < -0.3 is 15.6 Å². The fraction of sp³-hybridized carbons (Fsp3) is 0.529. The summed E-state index contributed by atoms with van der Waals surface area (Å²) in [4.78, 5) is 25.7. The molecule has 26 heavy (non-hydrogen) atoms. The zero-order valence-electron chi connectivity index (χ0n) is 14.7. The largest absolute Gasteiger partial charge is 0.365 e. The third-order valence-electron chi connectivity index (χ3n) is 4.87. The number of nitrogens with one attached hydrogen (secondary N) is 1. The summed E-state index contributed by atoms with van der Waals surface area (Å²) in [6, 6.07) is 0. The summed E-state index contributed by atoms with van der Waals surface area (Å²) in [5.41, 5.74) is 7.06. The van der Waals surface area contributed by atoms with Gasteiger partial charge >= 0.3 is 0 Å². The van der Waals surface area contributed by atoms with Gasteiger partial charge in [0, 0.05) is 17.8 Å². The fourth-order valence-corrected chi connectivity index (χ4v) is 5.42. The first-order valence-electron chi connectivity index (χ1n) is 8.76. The van der Waals surface area contributed by atoms with Crippen molar-refractivity contribution < 1.29 is 9.59 Å². The van der Waals surface area contributed by atoms with E-state index in [-0.39, 0.29) is 11.2 Å². The zero-order chi connectivity index (χ0) is 18.4. The van der Waals surface area contributed by atoms with Gasteiger partial charge in [-0.05, 0) is 44.6 Å². The van der Waals surface area contributed by atoms with Crippen molar-refractivity contribution in [3.05, 3.63) is 21.8 Å². The van der Waals surface area contributed by atoms with Gasteiger partial charge in [0.1, 0.15) is 10.8 Å². The van der Waals surface area contributed by atoms with Crippen LogP contribution in [0.15, 0.2) is 5.16 Å². The molecule has 2 aliphatic carbocycles. The van der Waals surface area contributed by atoms with Crippen LogP contribution in [0.3, 0.4) is 0 Å². The molecule has 1 fully saturated rings. The molecule has 9 heteroatoms. The Bertz CT molecular complexity index is 884. The normalized spacial score (nSPS) is 17.2. The minimum Gasteiger partial charge on any atom is -0.365 e. The number of nitrogens with zero attached hydrogens (tertiary/aromatic N) is 3. The number of aromatic nitrogens is 3. The number of carbonyl (C=O) groups excluding carboxylic acids is 2. The summed E-state index contributed by atoms with van der Waals surface area (Å²) in [6.07, 6.45) is 5.16. The van der Waals surface area contributed by atoms with Crippen molar-refractivity contribution in [2.75, 3.05) is 5.32 Å². The summed E-state index contributed by atoms with van der Waals surface area (Å²) >= 11 is 2.85. The van der Waals surface area contributed by atoms with Crippen molar-refractivity contribution in [3.8, 4) is 0 Å². The second-order valence-corrected chi connectivity index (χ2v) is 9.26. The van der Waals surface area contributed by atoms with Crippen LogP contribution < -0.4 is 11.1 Å². The number of fused-ring (bicyclic) bond motifs is 1. The van der Waals surface area contributed by atoms with Gasteiger partial charge in [-0.2, -0.15) is 0 Å². The molecule has 2 aliphatic rings. The summed E-state index contributed by atoms with van der Waals surface area (Å²) in [6.45, 7) is 1.83. The Labute approximate surface area is 159 Å². The highest BCUT2D eigenvalue weighted by molar-refractivity contribution is 8.00. The van der Waals surface area contributed by atoms with E-state index in [1.54, 1.807) is 0 Å². The van der Waals surface area contributed by atoms with E-state index < -0.39 is 5.91 Å². The Morgan fingerprint density at radius 2 is 2.12 bits per heavy atom. The van der Waals surface area contributed by atoms with Crippen LogP contribution in [-0.4, -0.2) is 31.8 Å². The van der Waals surface area contributed by atoms with Crippen LogP contribution in [0.5, 0.6) is 0 Å². The van der Waals surface area contributed by atoms with E-state index in [0.29, 0.717) is 16.5 Å². The highest BCUT2D eigenvalue weighted by Gasteiger charge is 2.31. The molecule has 1 saturated carbocycles. The number of thiophene rings is 1. The predicted molar refractivity (Wildman–Crippen MR) is 102 cm³/mol. The first-order valence-corrected chi connectivity index (χ1v) is 10.5. The lowest BCUT2D eigenvalue weighted by Gasteiger charge is -2.12. The van der Waals surface area contributed by atoms with E-state index in [0.717, 1.165) is 53.5 Å². The number of anilines is 1. The third-order valence-corrected chi connectivity index (χ3v) is 7.21. The van der Waals surface area contributed by atoms with Gasteiger partial charge in [0.05, 0.1) is 10.8 Å². The predicted octanol–water partition coefficient (Wildman–Crippen LogP) is 2.46. The molecular weight excluding hydrogens is 370 g/mol. The Balaban J connectivity index is 1.47. The number of thioether (sulfide) groups is 1. The molecule has 4 rings (SSSR count). The molecule has 2 aromatic rings. The minimum atomic E-state index is -0.470. The molecule has 0 aliphatic heterocycles. The molecule has 0 bridgehead atoms. The van der Waals surface area contributed by atoms with Crippen molar-refractivity contribution >= 4 is 39.9 Å². The Kier molecular flexibility index (Phi) is 4.52. The van der Waals surface area contributed by atoms with Crippen molar-refractivity contribution in [3.63, 3.8) is 0 Å². The van der Waals surface area contributed by atoms with E-state index >= 15 is 0 Å². The van der Waals surface area contributed by atoms with Crippen LogP contribution in [0.25, 0.3) is 0 Å². The zero-order valence-corrected chi connectivity index (χ0v) is 16.4. The highest BCUT2D eigenvalue weighted by atomic mass is 32.2. The molecule has 0 aromatic carbocycles. The lowest BCUT2D eigenvalue weighted by Crippen LogP contribution is -2.24. The second-order valence-electron chi connectivity index (χ2n) is 6.85. The molecule has 2 aromatic heterocycles. The summed E-state index contributed by atoms with van der Waals surface area (Å²) in [5.74, 6) is 0.874. The van der Waals surface area contributed by atoms with Crippen molar-refractivity contribution in [2.45, 2.75) is 55.4 Å². The van der Waals surface area contributed by atoms with Crippen molar-refractivity contribution in [1.29, 1.82) is 0 Å². The summed E-state index contributed by atoms with van der Waals surface area (Å²) in [5, 5.41) is 12.3. The SMILES string of the molecule is C[C@H](Sc1nnc(C2CC2)n1C)C(=O)Nc1sc2c(c1C(N)=O)CCC2. The molecule has 0 radical (unpaired) electrons. The standard InChI is InChI=1S/C17H21N5O2S2/c1-8(25-17-21-20-14(22(17)2)9-6-7-9)15(24)19-16-12(13(18)23)10-4-3-5-11(10)26-16/h8-9H,3-7H2,1-2H3,(H2,18,23)(H,19,24)/t8-/m0/s1. The molecule has 0 spiro atoms. The topological polar surface area (TPSA) is 103 Å². The van der Waals surface area contributed by atoms with Crippen molar-refractivity contribution in [1.82, 2.24) is 14.8 Å². The van der Waals surface area contributed by atoms with E-state index in [4.69, 9.17) is 5.73 Å². The molecule has 2 heterocycles. The number of carbonyl (C=O) groups is 2. The molecule has 0 unspecified atom stereocenters. The van der Waals surface area contributed by atoms with Gasteiger partial charge in [-0.1, -0.05) is 11.8 Å². The lowest BCUT2D eigenvalue weighted by molar-refractivity contribution is -0.115. The van der Waals surface area contributed by atoms with E-state index in [2.05, 4.69) is 15.5 Å². The van der Waals surface area contributed by atoms with Gasteiger partial charge in [-0.25, -0.2) is 0 Å². The molecule has 1 atom stereocenters. The average molecular weight is 392 g/mol. The Morgan fingerprint density at radius 1 is 1.35 bits per heavy atom. The molecule has 7 nitrogen and oxygen atoms in total. The van der Waals surface area contributed by atoms with Crippen LogP contribution in [0.1, 0.15) is 58.7 Å². The average Bonchev–Trinajstić information content (AvgIpc) is 3.08. The van der Waals surface area contributed by atoms with Crippen LogP contribution in [0.2, 0.25) is 0 Å². The maximum atomic E-state index is 12.6. The minimum absolute atomic E-state index is 0.159. The lowest BCUT2D eigenvalue weighted by atomic mass is 10.1. The Hall–Kier alpha value is -1.87. The van der Waals surface area contributed by atoms with E-state index in [9.17, 15) is 9.59 Å². The fourth-order valence-electron chi connectivity index (χ4n) is 3.30. The Morgan fingerprint density at radius 3 is 2.81 bits per heavy atom. The molecule has 3 N–H and O–H groups in total. The molecule has 138 valence electrons. The van der Waals surface area contributed by atoms with Gasteiger partial charge in [0.2, 0.25) is 5.91 Å². The third kappa shape index (κ3) is 3.14. The van der Waals surface area contributed by atoms with Gasteiger partial charge in [-0.3, -0.25) is 9.59 Å². The van der Waals surface area contributed by atoms with Crippen LogP contribution >= 0.6 is 23.1 Å².